The zero-order valence-corrected chi connectivity index (χ0v) is 11.2. The molecule has 0 aliphatic heterocycles. The Balaban J connectivity index is 2.68. The topological polar surface area (TPSA) is 30.0 Å². The molecule has 1 atom stereocenters. The fourth-order valence-corrected chi connectivity index (χ4v) is 2.11. The van der Waals surface area contributed by atoms with Crippen molar-refractivity contribution in [1.29, 1.82) is 0 Å². The molecule has 1 rings (SSSR count). The molecule has 0 aliphatic rings. The monoisotopic (exact) mass is 237 g/mol. The van der Waals surface area contributed by atoms with E-state index in [4.69, 9.17) is 0 Å². The molecule has 0 N–H and O–H groups in total. The number of aromatic nitrogens is 1. The van der Waals surface area contributed by atoms with Gasteiger partial charge in [-0.2, -0.15) is 0 Å². The number of hydrogen-bond donors (Lipinski definition) is 0. The van der Waals surface area contributed by atoms with Gasteiger partial charge in [0.2, 0.25) is 0 Å². The van der Waals surface area contributed by atoms with E-state index < -0.39 is 0 Å². The lowest BCUT2D eigenvalue weighted by atomic mass is 10.2. The van der Waals surface area contributed by atoms with Crippen molar-refractivity contribution in [1.82, 2.24) is 4.98 Å². The zero-order valence-electron chi connectivity index (χ0n) is 10.4. The molecule has 1 aromatic rings. The Morgan fingerprint density at radius 1 is 1.38 bits per heavy atom. The Kier molecular flexibility index (Phi) is 5.00. The van der Waals surface area contributed by atoms with E-state index in [0.29, 0.717) is 23.3 Å². The molecule has 0 bridgehead atoms. The highest BCUT2D eigenvalue weighted by Crippen LogP contribution is 2.27. The molecule has 0 spiro atoms. The van der Waals surface area contributed by atoms with Crippen molar-refractivity contribution in [3.63, 3.8) is 0 Å². The van der Waals surface area contributed by atoms with Crippen molar-refractivity contribution in [2.75, 3.05) is 0 Å². The van der Waals surface area contributed by atoms with Crippen LogP contribution in [0.1, 0.15) is 44.6 Å². The highest BCUT2D eigenvalue weighted by Gasteiger charge is 2.10. The first-order valence-corrected chi connectivity index (χ1v) is 6.58. The second-order valence-electron chi connectivity index (χ2n) is 4.22. The summed E-state index contributed by atoms with van der Waals surface area (Å²) in [5.41, 5.74) is 0.573. The summed E-state index contributed by atoms with van der Waals surface area (Å²) in [4.78, 5) is 16.7. The minimum Gasteiger partial charge on any atom is -0.292 e. The first-order chi connectivity index (χ1) is 7.54. The van der Waals surface area contributed by atoms with Gasteiger partial charge in [-0.3, -0.25) is 9.78 Å². The summed E-state index contributed by atoms with van der Waals surface area (Å²) in [6, 6.07) is 3.81. The number of rotatable bonds is 5. The predicted octanol–water partition coefficient (Wildman–Crippen LogP) is 3.81. The van der Waals surface area contributed by atoms with E-state index in [0.717, 1.165) is 4.90 Å². The van der Waals surface area contributed by atoms with E-state index >= 15 is 0 Å². The van der Waals surface area contributed by atoms with E-state index in [1.165, 1.54) is 0 Å². The second kappa shape index (κ2) is 6.04. The summed E-state index contributed by atoms with van der Waals surface area (Å²) in [6.45, 7) is 8.48. The van der Waals surface area contributed by atoms with Gasteiger partial charge >= 0.3 is 0 Å². The van der Waals surface area contributed by atoms with Gasteiger partial charge in [0.15, 0.2) is 5.78 Å². The number of carbonyl (C=O) groups excluding carboxylic acids is 1. The van der Waals surface area contributed by atoms with Gasteiger partial charge in [0.1, 0.15) is 5.69 Å². The number of hydrogen-bond acceptors (Lipinski definition) is 3. The summed E-state index contributed by atoms with van der Waals surface area (Å²) < 4.78 is 0. The first-order valence-electron chi connectivity index (χ1n) is 5.70. The van der Waals surface area contributed by atoms with Gasteiger partial charge in [-0.15, -0.1) is 11.8 Å². The van der Waals surface area contributed by atoms with Gasteiger partial charge < -0.3 is 0 Å². The van der Waals surface area contributed by atoms with Crippen LogP contribution < -0.4 is 0 Å². The Morgan fingerprint density at radius 2 is 2.06 bits per heavy atom. The number of carbonyl (C=O) groups is 1. The van der Waals surface area contributed by atoms with Crippen LogP contribution >= 0.6 is 11.8 Å². The van der Waals surface area contributed by atoms with Gasteiger partial charge in [0.05, 0.1) is 0 Å². The largest absolute Gasteiger partial charge is 0.292 e. The molecule has 1 aromatic heterocycles. The smallest absolute Gasteiger partial charge is 0.180 e. The highest BCUT2D eigenvalue weighted by atomic mass is 32.2. The van der Waals surface area contributed by atoms with Crippen LogP contribution in [0.4, 0.5) is 0 Å². The Morgan fingerprint density at radius 3 is 2.50 bits per heavy atom. The lowest BCUT2D eigenvalue weighted by Gasteiger charge is -2.14. The SMILES string of the molecule is CCC(=O)c1ccc(SC(C)C(C)C)cn1. The van der Waals surface area contributed by atoms with Crippen LogP contribution in [0.5, 0.6) is 0 Å². The van der Waals surface area contributed by atoms with Crippen molar-refractivity contribution >= 4 is 17.5 Å². The third-order valence-corrected chi connectivity index (χ3v) is 4.03. The van der Waals surface area contributed by atoms with Crippen molar-refractivity contribution in [2.45, 2.75) is 44.3 Å². The highest BCUT2D eigenvalue weighted by molar-refractivity contribution is 8.00. The van der Waals surface area contributed by atoms with Gasteiger partial charge in [-0.05, 0) is 18.1 Å². The number of nitrogens with zero attached hydrogens (tertiary/aromatic N) is 1. The molecule has 0 radical (unpaired) electrons. The average molecular weight is 237 g/mol. The van der Waals surface area contributed by atoms with E-state index in [1.54, 1.807) is 18.0 Å². The summed E-state index contributed by atoms with van der Waals surface area (Å²) in [5.74, 6) is 0.746. The summed E-state index contributed by atoms with van der Waals surface area (Å²) in [5, 5.41) is 0.564. The molecule has 16 heavy (non-hydrogen) atoms. The molecule has 1 heterocycles. The molecule has 0 amide bonds. The van der Waals surface area contributed by atoms with Crippen LogP contribution in [0, 0.1) is 5.92 Å². The predicted molar refractivity (Wildman–Crippen MR) is 69.0 cm³/mol. The number of pyridine rings is 1. The molecule has 2 nitrogen and oxygen atoms in total. The molecule has 0 fully saturated rings. The maximum atomic E-state index is 11.4. The molecule has 0 aliphatic carbocycles. The molecule has 0 aromatic carbocycles. The van der Waals surface area contributed by atoms with Crippen molar-refractivity contribution < 1.29 is 4.79 Å². The number of Topliss-reactive ketones (excluding diaryl/α,β-unsaturated/α-hetero) is 1. The van der Waals surface area contributed by atoms with Crippen molar-refractivity contribution in [3.05, 3.63) is 24.0 Å². The minimum absolute atomic E-state index is 0.105. The van der Waals surface area contributed by atoms with Crippen LogP contribution in [0.2, 0.25) is 0 Å². The maximum absolute atomic E-state index is 11.4. The van der Waals surface area contributed by atoms with Crippen LogP contribution in [-0.2, 0) is 0 Å². The average Bonchev–Trinajstić information content (AvgIpc) is 2.28. The van der Waals surface area contributed by atoms with Gasteiger partial charge in [0.25, 0.3) is 0 Å². The summed E-state index contributed by atoms with van der Waals surface area (Å²) in [6.07, 6.45) is 2.31. The Hall–Kier alpha value is -0.830. The van der Waals surface area contributed by atoms with Crippen LogP contribution in [0.3, 0.4) is 0 Å². The molecule has 0 saturated carbocycles. The van der Waals surface area contributed by atoms with Crippen molar-refractivity contribution in [3.8, 4) is 0 Å². The van der Waals surface area contributed by atoms with Crippen molar-refractivity contribution in [2.24, 2.45) is 5.92 Å². The number of ketones is 1. The summed E-state index contributed by atoms with van der Waals surface area (Å²) in [7, 11) is 0. The van der Waals surface area contributed by atoms with E-state index in [9.17, 15) is 4.79 Å². The third-order valence-electron chi connectivity index (χ3n) is 2.60. The zero-order chi connectivity index (χ0) is 12.1. The van der Waals surface area contributed by atoms with E-state index in [1.807, 2.05) is 19.1 Å². The molecule has 3 heteroatoms. The van der Waals surface area contributed by atoms with Gasteiger partial charge in [0, 0.05) is 22.8 Å². The lowest BCUT2D eigenvalue weighted by molar-refractivity contribution is 0.0983. The quantitative estimate of drug-likeness (QED) is 0.576. The Labute approximate surface area is 102 Å². The molecule has 1 unspecified atom stereocenters. The second-order valence-corrected chi connectivity index (χ2v) is 5.67. The van der Waals surface area contributed by atoms with Crippen LogP contribution in [0.15, 0.2) is 23.2 Å². The fraction of sp³-hybridized carbons (Fsp3) is 0.538. The molecular weight excluding hydrogens is 218 g/mol. The Bertz CT molecular complexity index is 345. The van der Waals surface area contributed by atoms with Crippen LogP contribution in [-0.4, -0.2) is 16.0 Å². The fourth-order valence-electron chi connectivity index (χ4n) is 1.15. The van der Waals surface area contributed by atoms with Crippen LogP contribution in [0.25, 0.3) is 0 Å². The standard InChI is InChI=1S/C13H19NOS/c1-5-13(15)12-7-6-11(8-14-12)16-10(4)9(2)3/h6-10H,5H2,1-4H3. The molecule has 0 saturated heterocycles. The normalized spacial score (nSPS) is 12.8. The van der Waals surface area contributed by atoms with Gasteiger partial charge in [-0.1, -0.05) is 27.7 Å². The maximum Gasteiger partial charge on any atom is 0.180 e. The number of thioether (sulfide) groups is 1. The first kappa shape index (κ1) is 13.2. The lowest BCUT2D eigenvalue weighted by Crippen LogP contribution is -2.05. The van der Waals surface area contributed by atoms with E-state index in [2.05, 4.69) is 25.8 Å². The molecule has 88 valence electrons. The third kappa shape index (κ3) is 3.63. The van der Waals surface area contributed by atoms with E-state index in [-0.39, 0.29) is 5.78 Å². The van der Waals surface area contributed by atoms with Gasteiger partial charge in [-0.25, -0.2) is 0 Å². The minimum atomic E-state index is 0.105. The molecular formula is C13H19NOS. The summed E-state index contributed by atoms with van der Waals surface area (Å²) >= 11 is 1.81.